The first kappa shape index (κ1) is 13.2. The molecular formula is C16H19NO3. The zero-order valence-electron chi connectivity index (χ0n) is 11.4. The molecule has 0 radical (unpaired) electrons. The molecule has 0 bridgehead atoms. The maximum absolute atomic E-state index is 12.2. The Morgan fingerprint density at radius 3 is 2.75 bits per heavy atom. The first-order valence-corrected chi connectivity index (χ1v) is 7.21. The van der Waals surface area contributed by atoms with Gasteiger partial charge in [0.15, 0.2) is 0 Å². The summed E-state index contributed by atoms with van der Waals surface area (Å²) in [5.41, 5.74) is 1.71. The highest BCUT2D eigenvalue weighted by Crippen LogP contribution is 2.63. The van der Waals surface area contributed by atoms with Gasteiger partial charge in [0, 0.05) is 11.6 Å². The number of nitrogens with one attached hydrogen (secondary N) is 1. The van der Waals surface area contributed by atoms with Crippen LogP contribution in [0, 0.1) is 11.3 Å². The third kappa shape index (κ3) is 2.55. The number of carbonyl (C=O) groups is 2. The second-order valence-corrected chi connectivity index (χ2v) is 6.09. The minimum Gasteiger partial charge on any atom is -0.481 e. The van der Waals surface area contributed by atoms with Gasteiger partial charge in [-0.15, -0.1) is 0 Å². The molecule has 2 saturated carbocycles. The number of anilines is 1. The van der Waals surface area contributed by atoms with Crippen LogP contribution in [0.1, 0.15) is 37.7 Å². The maximum Gasteiger partial charge on any atom is 0.307 e. The van der Waals surface area contributed by atoms with Crippen molar-refractivity contribution in [2.75, 3.05) is 5.32 Å². The molecule has 1 amide bonds. The number of carboxylic acids is 1. The average molecular weight is 273 g/mol. The molecular weight excluding hydrogens is 254 g/mol. The Hall–Kier alpha value is -1.84. The minimum atomic E-state index is -0.861. The first-order valence-electron chi connectivity index (χ1n) is 7.21. The molecule has 20 heavy (non-hydrogen) atoms. The third-order valence-electron chi connectivity index (χ3n) is 4.66. The molecule has 2 N–H and O–H groups in total. The molecule has 1 unspecified atom stereocenters. The van der Waals surface area contributed by atoms with Gasteiger partial charge in [-0.1, -0.05) is 25.0 Å². The number of carboxylic acid groups (broad SMARTS) is 1. The molecule has 2 aliphatic carbocycles. The number of aliphatic carboxylic acids is 1. The number of rotatable bonds is 4. The summed E-state index contributed by atoms with van der Waals surface area (Å²) in [5.74, 6) is -0.604. The monoisotopic (exact) mass is 273 g/mol. The van der Waals surface area contributed by atoms with Crippen LogP contribution in [0.5, 0.6) is 0 Å². The smallest absolute Gasteiger partial charge is 0.307 e. The second-order valence-electron chi connectivity index (χ2n) is 6.09. The molecule has 1 spiro atoms. The van der Waals surface area contributed by atoms with E-state index in [0.717, 1.165) is 6.42 Å². The summed E-state index contributed by atoms with van der Waals surface area (Å²) in [5, 5.41) is 11.7. The Kier molecular flexibility index (Phi) is 3.24. The first-order chi connectivity index (χ1) is 9.59. The van der Waals surface area contributed by atoms with Crippen LogP contribution in [-0.2, 0) is 16.0 Å². The SMILES string of the molecule is O=C(O)Cc1cccc(NC(=O)C2CC23CCCC3)c1. The Morgan fingerprint density at radius 1 is 1.30 bits per heavy atom. The van der Waals surface area contributed by atoms with Gasteiger partial charge in [-0.25, -0.2) is 0 Å². The van der Waals surface area contributed by atoms with E-state index < -0.39 is 5.97 Å². The molecule has 4 nitrogen and oxygen atoms in total. The lowest BCUT2D eigenvalue weighted by atomic mass is 10.0. The largest absolute Gasteiger partial charge is 0.481 e. The van der Waals surface area contributed by atoms with Gasteiger partial charge in [0.1, 0.15) is 0 Å². The lowest BCUT2D eigenvalue weighted by molar-refractivity contribution is -0.136. The predicted octanol–water partition coefficient (Wildman–Crippen LogP) is 2.83. The zero-order valence-corrected chi connectivity index (χ0v) is 11.4. The Labute approximate surface area is 118 Å². The van der Waals surface area contributed by atoms with Gasteiger partial charge in [-0.05, 0) is 42.4 Å². The summed E-state index contributed by atoms with van der Waals surface area (Å²) in [6.45, 7) is 0. The molecule has 1 aromatic carbocycles. The van der Waals surface area contributed by atoms with Gasteiger partial charge in [0.25, 0.3) is 0 Å². The van der Waals surface area contributed by atoms with Crippen LogP contribution in [0.3, 0.4) is 0 Å². The molecule has 0 aromatic heterocycles. The normalized spacial score (nSPS) is 22.7. The van der Waals surface area contributed by atoms with Crippen molar-refractivity contribution < 1.29 is 14.7 Å². The van der Waals surface area contributed by atoms with Crippen molar-refractivity contribution in [2.45, 2.75) is 38.5 Å². The fourth-order valence-corrected chi connectivity index (χ4v) is 3.51. The highest BCUT2D eigenvalue weighted by Gasteiger charge is 2.58. The number of benzene rings is 1. The fourth-order valence-electron chi connectivity index (χ4n) is 3.51. The summed E-state index contributed by atoms with van der Waals surface area (Å²) in [4.78, 5) is 22.9. The predicted molar refractivity (Wildman–Crippen MR) is 75.4 cm³/mol. The molecule has 1 atom stereocenters. The van der Waals surface area contributed by atoms with Crippen molar-refractivity contribution in [3.63, 3.8) is 0 Å². The Morgan fingerprint density at radius 2 is 2.05 bits per heavy atom. The van der Waals surface area contributed by atoms with Gasteiger partial charge in [0.2, 0.25) is 5.91 Å². The molecule has 2 aliphatic rings. The van der Waals surface area contributed by atoms with Crippen LogP contribution < -0.4 is 5.32 Å². The lowest BCUT2D eigenvalue weighted by Gasteiger charge is -2.09. The van der Waals surface area contributed by atoms with Gasteiger partial charge in [0.05, 0.1) is 6.42 Å². The highest BCUT2D eigenvalue weighted by molar-refractivity contribution is 5.95. The Bertz CT molecular complexity index is 546. The minimum absolute atomic E-state index is 0.0168. The van der Waals surface area contributed by atoms with E-state index in [4.69, 9.17) is 5.11 Å². The molecule has 2 fully saturated rings. The van der Waals surface area contributed by atoms with E-state index in [1.165, 1.54) is 25.7 Å². The van der Waals surface area contributed by atoms with Crippen molar-refractivity contribution in [2.24, 2.45) is 11.3 Å². The lowest BCUT2D eigenvalue weighted by Crippen LogP contribution is -2.17. The number of hydrogen-bond donors (Lipinski definition) is 2. The van der Waals surface area contributed by atoms with Crippen LogP contribution in [0.15, 0.2) is 24.3 Å². The van der Waals surface area contributed by atoms with E-state index in [1.807, 2.05) is 6.07 Å². The molecule has 1 aromatic rings. The third-order valence-corrected chi connectivity index (χ3v) is 4.66. The van der Waals surface area contributed by atoms with E-state index in [2.05, 4.69) is 5.32 Å². The number of carbonyl (C=O) groups excluding carboxylic acids is 1. The second kappa shape index (κ2) is 4.93. The van der Waals surface area contributed by atoms with Crippen molar-refractivity contribution in [1.82, 2.24) is 0 Å². The topological polar surface area (TPSA) is 66.4 Å². The van der Waals surface area contributed by atoms with Crippen LogP contribution in [0.25, 0.3) is 0 Å². The van der Waals surface area contributed by atoms with Gasteiger partial charge in [-0.3, -0.25) is 9.59 Å². The number of amides is 1. The van der Waals surface area contributed by atoms with Crippen molar-refractivity contribution in [3.8, 4) is 0 Å². The average Bonchev–Trinajstić information content (AvgIpc) is 2.87. The number of hydrogen-bond acceptors (Lipinski definition) is 2. The van der Waals surface area contributed by atoms with Gasteiger partial charge < -0.3 is 10.4 Å². The van der Waals surface area contributed by atoms with Crippen LogP contribution in [0.2, 0.25) is 0 Å². The van der Waals surface area contributed by atoms with Gasteiger partial charge >= 0.3 is 5.97 Å². The Balaban J connectivity index is 1.63. The molecule has 3 rings (SSSR count). The van der Waals surface area contributed by atoms with E-state index in [0.29, 0.717) is 16.7 Å². The summed E-state index contributed by atoms with van der Waals surface area (Å²) in [7, 11) is 0. The molecule has 0 aliphatic heterocycles. The van der Waals surface area contributed by atoms with Gasteiger partial charge in [-0.2, -0.15) is 0 Å². The van der Waals surface area contributed by atoms with Crippen LogP contribution >= 0.6 is 0 Å². The molecule has 4 heteroatoms. The summed E-state index contributed by atoms with van der Waals surface area (Å²) in [6.07, 6.45) is 5.87. The van der Waals surface area contributed by atoms with E-state index in [9.17, 15) is 9.59 Å². The van der Waals surface area contributed by atoms with Crippen LogP contribution in [0.4, 0.5) is 5.69 Å². The van der Waals surface area contributed by atoms with E-state index in [1.54, 1.807) is 18.2 Å². The van der Waals surface area contributed by atoms with E-state index in [-0.39, 0.29) is 18.2 Å². The van der Waals surface area contributed by atoms with Crippen molar-refractivity contribution >= 4 is 17.6 Å². The molecule has 0 heterocycles. The zero-order chi connectivity index (χ0) is 14.2. The summed E-state index contributed by atoms with van der Waals surface area (Å²) in [6, 6.07) is 7.11. The highest BCUT2D eigenvalue weighted by atomic mass is 16.4. The van der Waals surface area contributed by atoms with Crippen molar-refractivity contribution in [1.29, 1.82) is 0 Å². The van der Waals surface area contributed by atoms with Crippen LogP contribution in [-0.4, -0.2) is 17.0 Å². The maximum atomic E-state index is 12.2. The quantitative estimate of drug-likeness (QED) is 0.886. The standard InChI is InChI=1S/C16H19NO3/c18-14(19)9-11-4-3-5-12(8-11)17-15(20)13-10-16(13)6-1-2-7-16/h3-5,8,13H,1-2,6-7,9-10H2,(H,17,20)(H,18,19). The summed E-state index contributed by atoms with van der Waals surface area (Å²) < 4.78 is 0. The van der Waals surface area contributed by atoms with Crippen molar-refractivity contribution in [3.05, 3.63) is 29.8 Å². The molecule has 0 saturated heterocycles. The summed E-state index contributed by atoms with van der Waals surface area (Å²) >= 11 is 0. The molecule has 106 valence electrons. The fraction of sp³-hybridized carbons (Fsp3) is 0.500. The van der Waals surface area contributed by atoms with E-state index >= 15 is 0 Å².